The average molecular weight is 626 g/mol. The largest absolute Gasteiger partial charge is 0.494 e. The quantitative estimate of drug-likeness (QED) is 0.167. The summed E-state index contributed by atoms with van der Waals surface area (Å²) in [6.07, 6.45) is 3.88. The number of hydrogen-bond donors (Lipinski definition) is 4. The van der Waals surface area contributed by atoms with Gasteiger partial charge in [-0.2, -0.15) is 4.31 Å². The van der Waals surface area contributed by atoms with Crippen molar-refractivity contribution < 1.29 is 27.8 Å². The van der Waals surface area contributed by atoms with Gasteiger partial charge in [0.2, 0.25) is 10.0 Å². The number of methoxy groups -OCH3 is 1. The Hall–Kier alpha value is -3.84. The maximum atomic E-state index is 13.5. The zero-order valence-corrected chi connectivity index (χ0v) is 26.6. The van der Waals surface area contributed by atoms with Crippen LogP contribution in [0.4, 0.5) is 11.4 Å². The Kier molecular flexibility index (Phi) is 11.1. The molecule has 0 saturated carbocycles. The van der Waals surface area contributed by atoms with Gasteiger partial charge in [-0.1, -0.05) is 31.0 Å². The molecule has 0 spiro atoms. The van der Waals surface area contributed by atoms with Crippen LogP contribution in [0.2, 0.25) is 0 Å². The molecule has 1 unspecified atom stereocenters. The molecule has 1 aliphatic heterocycles. The van der Waals surface area contributed by atoms with Crippen molar-refractivity contribution in [3.05, 3.63) is 76.9 Å². The summed E-state index contributed by atoms with van der Waals surface area (Å²) < 4.78 is 39.7. The molecule has 12 heteroatoms. The zero-order valence-electron chi connectivity index (χ0n) is 25.8. The molecular formula is C32H43N5O6S. The molecule has 0 aromatic heterocycles. The average Bonchev–Trinajstić information content (AvgIpc) is 3.38. The second kappa shape index (κ2) is 14.8. The van der Waals surface area contributed by atoms with E-state index in [1.165, 1.54) is 4.31 Å². The van der Waals surface area contributed by atoms with E-state index in [1.54, 1.807) is 43.4 Å². The fraction of sp³-hybridized carbons (Fsp3) is 0.406. The molecule has 44 heavy (non-hydrogen) atoms. The molecule has 238 valence electrons. The number of benzene rings is 3. The van der Waals surface area contributed by atoms with Crippen LogP contribution in [0.3, 0.4) is 0 Å². The van der Waals surface area contributed by atoms with E-state index in [1.807, 2.05) is 44.3 Å². The monoisotopic (exact) mass is 625 g/mol. The lowest BCUT2D eigenvalue weighted by molar-refractivity contribution is -0.137. The van der Waals surface area contributed by atoms with Crippen LogP contribution in [0.1, 0.15) is 60.3 Å². The molecular weight excluding hydrogens is 582 g/mol. The van der Waals surface area contributed by atoms with Gasteiger partial charge >= 0.3 is 5.97 Å². The molecule has 3 aromatic rings. The molecule has 11 nitrogen and oxygen atoms in total. The van der Waals surface area contributed by atoms with Crippen molar-refractivity contribution in [1.82, 2.24) is 9.84 Å². The summed E-state index contributed by atoms with van der Waals surface area (Å²) in [5, 5.41) is 11.6. The normalized spacial score (nSPS) is 13.5. The van der Waals surface area contributed by atoms with Gasteiger partial charge in [0.05, 0.1) is 30.7 Å². The van der Waals surface area contributed by atoms with Crippen molar-refractivity contribution in [2.75, 3.05) is 44.8 Å². The first-order valence-electron chi connectivity index (χ1n) is 14.7. The first-order valence-corrected chi connectivity index (χ1v) is 16.2. The minimum absolute atomic E-state index is 0.118. The number of unbranched alkanes of at least 4 members (excludes halogenated alkanes) is 3. The first kappa shape index (κ1) is 33.1. The Morgan fingerprint density at radius 2 is 1.77 bits per heavy atom. The van der Waals surface area contributed by atoms with Crippen LogP contribution in [-0.2, 0) is 21.4 Å². The summed E-state index contributed by atoms with van der Waals surface area (Å²) in [7, 11) is 1.17. The van der Waals surface area contributed by atoms with Crippen molar-refractivity contribution in [1.29, 1.82) is 0 Å². The van der Waals surface area contributed by atoms with E-state index in [0.29, 0.717) is 24.7 Å². The molecule has 0 aliphatic carbocycles. The van der Waals surface area contributed by atoms with E-state index >= 15 is 0 Å². The standard InChI is InChI=1S/C32H43N5O6S/c1-22-9-10-23(28(20-31(38)39)24-18-29-32(30(19-24)42-4)37(3)35-34-29)17-25(22)21-36(2)44(40,41)27-13-11-26(12-14-27)43-16-8-6-5-7-15-33/h9-14,17-19,28,34-35H,5-8,15-16,20-21,33H2,1-4H3,(H,38,39). The Morgan fingerprint density at radius 1 is 1.05 bits per heavy atom. The van der Waals surface area contributed by atoms with Gasteiger partial charge in [-0.25, -0.2) is 8.42 Å². The molecule has 0 fully saturated rings. The highest BCUT2D eigenvalue weighted by Crippen LogP contribution is 2.42. The van der Waals surface area contributed by atoms with Gasteiger partial charge in [-0.3, -0.25) is 9.80 Å². The lowest BCUT2D eigenvalue weighted by Gasteiger charge is -2.22. The minimum Gasteiger partial charge on any atom is -0.494 e. The molecule has 0 saturated heterocycles. The van der Waals surface area contributed by atoms with Crippen LogP contribution in [-0.4, -0.2) is 58.2 Å². The van der Waals surface area contributed by atoms with Gasteiger partial charge in [-0.05, 0) is 85.0 Å². The highest BCUT2D eigenvalue weighted by molar-refractivity contribution is 7.89. The Bertz CT molecular complexity index is 1550. The highest BCUT2D eigenvalue weighted by Gasteiger charge is 2.27. The Balaban J connectivity index is 1.52. The number of aryl methyl sites for hydroxylation is 1. The number of hydrazine groups is 2. The van der Waals surface area contributed by atoms with E-state index < -0.39 is 21.9 Å². The molecule has 4 rings (SSSR count). The lowest BCUT2D eigenvalue weighted by Crippen LogP contribution is -2.31. The second-order valence-corrected chi connectivity index (χ2v) is 13.1. The fourth-order valence-corrected chi connectivity index (χ4v) is 6.46. The van der Waals surface area contributed by atoms with Gasteiger partial charge < -0.3 is 25.7 Å². The van der Waals surface area contributed by atoms with Gasteiger partial charge in [0.15, 0.2) is 0 Å². The van der Waals surface area contributed by atoms with Crippen LogP contribution in [0.5, 0.6) is 11.5 Å². The number of rotatable bonds is 16. The summed E-state index contributed by atoms with van der Waals surface area (Å²) >= 11 is 0. The number of fused-ring (bicyclic) bond motifs is 1. The minimum atomic E-state index is -3.80. The summed E-state index contributed by atoms with van der Waals surface area (Å²) in [5.74, 6) is -0.211. The number of aliphatic carboxylic acids is 1. The van der Waals surface area contributed by atoms with Crippen molar-refractivity contribution in [3.63, 3.8) is 0 Å². The Morgan fingerprint density at radius 3 is 2.45 bits per heavy atom. The topological polar surface area (TPSA) is 146 Å². The number of carboxylic acids is 1. The first-order chi connectivity index (χ1) is 21.0. The Labute approximate surface area is 259 Å². The zero-order chi connectivity index (χ0) is 31.9. The fourth-order valence-electron chi connectivity index (χ4n) is 5.31. The molecule has 1 heterocycles. The number of ether oxygens (including phenoxy) is 2. The van der Waals surface area contributed by atoms with Crippen molar-refractivity contribution in [2.24, 2.45) is 5.73 Å². The molecule has 5 N–H and O–H groups in total. The summed E-state index contributed by atoms with van der Waals surface area (Å²) in [5.41, 5.74) is 16.4. The number of carbonyl (C=O) groups is 1. The van der Waals surface area contributed by atoms with E-state index in [0.717, 1.165) is 59.3 Å². The van der Waals surface area contributed by atoms with Crippen molar-refractivity contribution in [2.45, 2.75) is 56.4 Å². The number of hydrogen-bond acceptors (Lipinski definition) is 9. The number of sulfonamides is 1. The van der Waals surface area contributed by atoms with Crippen LogP contribution in [0, 0.1) is 6.92 Å². The predicted molar refractivity (Wildman–Crippen MR) is 172 cm³/mol. The maximum absolute atomic E-state index is 13.5. The summed E-state index contributed by atoms with van der Waals surface area (Å²) in [4.78, 5) is 12.2. The highest BCUT2D eigenvalue weighted by atomic mass is 32.2. The summed E-state index contributed by atoms with van der Waals surface area (Å²) in [6, 6.07) is 15.9. The van der Waals surface area contributed by atoms with Gasteiger partial charge in [0.1, 0.15) is 17.2 Å². The SMILES string of the molecule is COc1cc(C(CC(=O)O)c2ccc(C)c(CN(C)S(=O)(=O)c3ccc(OCCCCCCN)cc3)c2)cc2c1N(C)NN2. The number of anilines is 2. The van der Waals surface area contributed by atoms with Crippen LogP contribution in [0.15, 0.2) is 59.5 Å². The smallest absolute Gasteiger partial charge is 0.304 e. The molecule has 1 aliphatic rings. The van der Waals surface area contributed by atoms with Gasteiger partial charge in [0, 0.05) is 26.6 Å². The molecule has 1 atom stereocenters. The van der Waals surface area contributed by atoms with Crippen LogP contribution in [0.25, 0.3) is 0 Å². The lowest BCUT2D eigenvalue weighted by atomic mass is 9.86. The van der Waals surface area contributed by atoms with Crippen LogP contribution < -0.4 is 31.2 Å². The number of nitrogens with zero attached hydrogens (tertiary/aromatic N) is 2. The number of nitrogens with one attached hydrogen (secondary N) is 2. The third-order valence-corrected chi connectivity index (χ3v) is 9.68. The molecule has 0 radical (unpaired) electrons. The van der Waals surface area contributed by atoms with Gasteiger partial charge in [0.25, 0.3) is 0 Å². The van der Waals surface area contributed by atoms with Crippen molar-refractivity contribution in [3.8, 4) is 11.5 Å². The van der Waals surface area contributed by atoms with E-state index in [4.69, 9.17) is 15.2 Å². The van der Waals surface area contributed by atoms with Crippen LogP contribution >= 0.6 is 0 Å². The molecule has 3 aromatic carbocycles. The molecule has 0 amide bonds. The number of carboxylic acid groups (broad SMARTS) is 1. The van der Waals surface area contributed by atoms with E-state index in [2.05, 4.69) is 11.0 Å². The van der Waals surface area contributed by atoms with Gasteiger partial charge in [-0.15, -0.1) is 5.53 Å². The van der Waals surface area contributed by atoms with E-state index in [9.17, 15) is 18.3 Å². The third-order valence-electron chi connectivity index (χ3n) is 7.86. The molecule has 0 bridgehead atoms. The predicted octanol–water partition coefficient (Wildman–Crippen LogP) is 4.61. The van der Waals surface area contributed by atoms with Crippen molar-refractivity contribution >= 4 is 27.4 Å². The van der Waals surface area contributed by atoms with E-state index in [-0.39, 0.29) is 17.9 Å². The third kappa shape index (κ3) is 7.81. The maximum Gasteiger partial charge on any atom is 0.304 e. The second-order valence-electron chi connectivity index (χ2n) is 11.0. The summed E-state index contributed by atoms with van der Waals surface area (Å²) in [6.45, 7) is 3.29. The number of nitrogens with two attached hydrogens (primary N) is 1.